The minimum atomic E-state index is -0.182. The van der Waals surface area contributed by atoms with Crippen LogP contribution in [0.4, 0.5) is 5.69 Å². The lowest BCUT2D eigenvalue weighted by atomic mass is 9.82. The number of esters is 1. The van der Waals surface area contributed by atoms with E-state index in [0.717, 1.165) is 47.2 Å². The average Bonchev–Trinajstić information content (AvgIpc) is 2.65. The summed E-state index contributed by atoms with van der Waals surface area (Å²) in [6, 6.07) is 4.00. The Balaban J connectivity index is 0.000000296. The van der Waals surface area contributed by atoms with E-state index in [-0.39, 0.29) is 23.5 Å². The summed E-state index contributed by atoms with van der Waals surface area (Å²) in [4.78, 5) is 33.8. The number of allylic oxidation sites excluding steroid dienone is 2. The molecule has 0 aromatic heterocycles. The largest absolute Gasteiger partial charge is 0.469 e. The zero-order valence-corrected chi connectivity index (χ0v) is 18.8. The maximum atomic E-state index is 11.3. The SMILES string of the molecule is CC(=O)C1=C(C(C)=O)CC(C)CC1.COC(=O)C(C)Cc1cc(N)c(C)cc1C. The molecule has 2 rings (SSSR count). The molecule has 160 valence electrons. The minimum absolute atomic E-state index is 0.0664. The summed E-state index contributed by atoms with van der Waals surface area (Å²) in [6.45, 7) is 11.1. The number of nitrogen functional groups attached to an aromatic ring is 1. The summed E-state index contributed by atoms with van der Waals surface area (Å²) >= 11 is 0. The van der Waals surface area contributed by atoms with Crippen LogP contribution in [0.3, 0.4) is 0 Å². The summed E-state index contributed by atoms with van der Waals surface area (Å²) in [5.74, 6) is 0.361. The molecule has 0 spiro atoms. The molecule has 0 heterocycles. The molecule has 0 bridgehead atoms. The summed E-state index contributed by atoms with van der Waals surface area (Å²) < 4.78 is 4.71. The van der Waals surface area contributed by atoms with Gasteiger partial charge in [0.1, 0.15) is 0 Å². The fourth-order valence-corrected chi connectivity index (χ4v) is 3.61. The molecule has 1 aliphatic carbocycles. The lowest BCUT2D eigenvalue weighted by Crippen LogP contribution is -2.16. The number of ether oxygens (including phenoxy) is 1. The third kappa shape index (κ3) is 7.15. The van der Waals surface area contributed by atoms with Gasteiger partial charge >= 0.3 is 5.97 Å². The minimum Gasteiger partial charge on any atom is -0.469 e. The van der Waals surface area contributed by atoms with Crippen LogP contribution in [-0.2, 0) is 25.5 Å². The number of rotatable bonds is 5. The molecule has 0 saturated heterocycles. The molecule has 0 radical (unpaired) electrons. The molecule has 2 N–H and O–H groups in total. The summed E-state index contributed by atoms with van der Waals surface area (Å²) in [7, 11) is 1.41. The molecule has 1 aliphatic rings. The number of methoxy groups -OCH3 is 1. The van der Waals surface area contributed by atoms with E-state index in [2.05, 4.69) is 13.0 Å². The number of carbonyl (C=O) groups is 3. The summed E-state index contributed by atoms with van der Waals surface area (Å²) in [6.07, 6.45) is 3.27. The number of benzene rings is 1. The predicted molar refractivity (Wildman–Crippen MR) is 117 cm³/mol. The van der Waals surface area contributed by atoms with Crippen LogP contribution in [0.5, 0.6) is 0 Å². The van der Waals surface area contributed by atoms with Crippen molar-refractivity contribution in [2.45, 2.75) is 67.2 Å². The van der Waals surface area contributed by atoms with Crippen LogP contribution in [0.15, 0.2) is 23.3 Å². The van der Waals surface area contributed by atoms with Gasteiger partial charge in [-0.1, -0.05) is 19.9 Å². The van der Waals surface area contributed by atoms with Crippen LogP contribution in [0.1, 0.15) is 63.6 Å². The van der Waals surface area contributed by atoms with Crippen LogP contribution in [-0.4, -0.2) is 24.6 Å². The van der Waals surface area contributed by atoms with Gasteiger partial charge in [-0.15, -0.1) is 0 Å². The molecule has 1 aromatic rings. The maximum absolute atomic E-state index is 11.3. The van der Waals surface area contributed by atoms with Crippen LogP contribution >= 0.6 is 0 Å². The Bertz CT molecular complexity index is 807. The lowest BCUT2D eigenvalue weighted by molar-refractivity contribution is -0.144. The monoisotopic (exact) mass is 401 g/mol. The first-order valence-electron chi connectivity index (χ1n) is 10.1. The molecule has 0 amide bonds. The van der Waals surface area contributed by atoms with E-state index < -0.39 is 0 Å². The molecule has 0 fully saturated rings. The van der Waals surface area contributed by atoms with Gasteiger partial charge in [-0.3, -0.25) is 14.4 Å². The van der Waals surface area contributed by atoms with Gasteiger partial charge < -0.3 is 10.5 Å². The van der Waals surface area contributed by atoms with Crippen molar-refractivity contribution >= 4 is 23.2 Å². The molecule has 2 unspecified atom stereocenters. The van der Waals surface area contributed by atoms with Gasteiger partial charge in [0.05, 0.1) is 13.0 Å². The van der Waals surface area contributed by atoms with Gasteiger partial charge in [-0.25, -0.2) is 0 Å². The number of nitrogens with two attached hydrogens (primary N) is 1. The molecule has 2 atom stereocenters. The van der Waals surface area contributed by atoms with Crippen molar-refractivity contribution in [3.63, 3.8) is 0 Å². The summed E-state index contributed by atoms with van der Waals surface area (Å²) in [5.41, 5.74) is 11.5. The van der Waals surface area contributed by atoms with Gasteiger partial charge in [0.15, 0.2) is 11.6 Å². The number of carbonyl (C=O) groups excluding carboxylic acids is 3. The van der Waals surface area contributed by atoms with E-state index in [1.54, 1.807) is 13.8 Å². The Hall–Kier alpha value is -2.43. The highest BCUT2D eigenvalue weighted by atomic mass is 16.5. The van der Waals surface area contributed by atoms with Crippen molar-refractivity contribution in [3.05, 3.63) is 40.0 Å². The molecule has 1 aromatic carbocycles. The number of hydrogen-bond acceptors (Lipinski definition) is 5. The Labute approximate surface area is 174 Å². The van der Waals surface area contributed by atoms with E-state index >= 15 is 0 Å². The fourth-order valence-electron chi connectivity index (χ4n) is 3.61. The number of anilines is 1. The average molecular weight is 402 g/mol. The highest BCUT2D eigenvalue weighted by Gasteiger charge is 2.22. The Morgan fingerprint density at radius 2 is 1.69 bits per heavy atom. The summed E-state index contributed by atoms with van der Waals surface area (Å²) in [5, 5.41) is 0. The molecular weight excluding hydrogens is 366 g/mol. The number of Topliss-reactive ketones (excluding diaryl/α,β-unsaturated/α-hetero) is 2. The van der Waals surface area contributed by atoms with Crippen LogP contribution in [0, 0.1) is 25.7 Å². The van der Waals surface area contributed by atoms with Gasteiger partial charge in [-0.2, -0.15) is 0 Å². The van der Waals surface area contributed by atoms with Crippen molar-refractivity contribution in [2.24, 2.45) is 11.8 Å². The fraction of sp³-hybridized carbons (Fsp3) is 0.542. The quantitative estimate of drug-likeness (QED) is 0.579. The third-order valence-electron chi connectivity index (χ3n) is 5.51. The second-order valence-corrected chi connectivity index (χ2v) is 8.18. The smallest absolute Gasteiger partial charge is 0.308 e. The highest BCUT2D eigenvalue weighted by Crippen LogP contribution is 2.30. The first-order chi connectivity index (χ1) is 13.5. The standard InChI is InChI=1S/C13H19NO2.C11H16O2/c1-8-5-9(2)12(14)7-11(8)6-10(3)13(15)16-4;1-7-4-5-10(8(2)12)11(6-7)9(3)13/h5,7,10H,6,14H2,1-4H3;7H,4-6H2,1-3H3. The van der Waals surface area contributed by atoms with Crippen molar-refractivity contribution in [1.29, 1.82) is 0 Å². The zero-order valence-electron chi connectivity index (χ0n) is 18.8. The van der Waals surface area contributed by atoms with E-state index in [9.17, 15) is 14.4 Å². The zero-order chi connectivity index (χ0) is 22.3. The first kappa shape index (κ1) is 24.6. The van der Waals surface area contributed by atoms with Crippen molar-refractivity contribution in [2.75, 3.05) is 12.8 Å². The van der Waals surface area contributed by atoms with Crippen molar-refractivity contribution in [3.8, 4) is 0 Å². The van der Waals surface area contributed by atoms with Gasteiger partial charge in [0.25, 0.3) is 0 Å². The van der Waals surface area contributed by atoms with Crippen LogP contribution < -0.4 is 5.73 Å². The van der Waals surface area contributed by atoms with E-state index in [1.807, 2.05) is 26.8 Å². The normalized spacial score (nSPS) is 17.1. The van der Waals surface area contributed by atoms with Gasteiger partial charge in [0.2, 0.25) is 0 Å². The number of ketones is 2. The van der Waals surface area contributed by atoms with Gasteiger partial charge in [-0.05, 0) is 82.1 Å². The second kappa shape index (κ2) is 10.9. The first-order valence-corrected chi connectivity index (χ1v) is 10.1. The van der Waals surface area contributed by atoms with Crippen molar-refractivity contribution in [1.82, 2.24) is 0 Å². The Kier molecular flexibility index (Phi) is 9.28. The van der Waals surface area contributed by atoms with E-state index in [0.29, 0.717) is 12.3 Å². The highest BCUT2D eigenvalue weighted by molar-refractivity contribution is 6.04. The molecule has 5 heteroatoms. The molecule has 0 saturated carbocycles. The lowest BCUT2D eigenvalue weighted by Gasteiger charge is -2.21. The van der Waals surface area contributed by atoms with Gasteiger partial charge in [0, 0.05) is 16.8 Å². The maximum Gasteiger partial charge on any atom is 0.308 e. The number of hydrogen-bond donors (Lipinski definition) is 1. The topological polar surface area (TPSA) is 86.5 Å². The Morgan fingerprint density at radius 3 is 2.21 bits per heavy atom. The van der Waals surface area contributed by atoms with E-state index in [4.69, 9.17) is 10.5 Å². The molecule has 29 heavy (non-hydrogen) atoms. The van der Waals surface area contributed by atoms with E-state index in [1.165, 1.54) is 12.7 Å². The van der Waals surface area contributed by atoms with Crippen molar-refractivity contribution < 1.29 is 19.1 Å². The van der Waals surface area contributed by atoms with Crippen LogP contribution in [0.2, 0.25) is 0 Å². The predicted octanol–water partition coefficient (Wildman–Crippen LogP) is 4.52. The second-order valence-electron chi connectivity index (χ2n) is 8.18. The third-order valence-corrected chi connectivity index (χ3v) is 5.51. The number of aryl methyl sites for hydroxylation is 2. The molecule has 5 nitrogen and oxygen atoms in total. The molecule has 0 aliphatic heterocycles. The molecular formula is C24H35NO4. The van der Waals surface area contributed by atoms with Crippen LogP contribution in [0.25, 0.3) is 0 Å². The Morgan fingerprint density at radius 1 is 1.10 bits per heavy atom.